The molecule has 0 fully saturated rings. The second kappa shape index (κ2) is 7.07. The number of aliphatic imine (C=N–C) groups is 1. The molecular weight excluding hydrogens is 324 g/mol. The Kier molecular flexibility index (Phi) is 5.37. The van der Waals surface area contributed by atoms with E-state index in [0.29, 0.717) is 21.4 Å². The number of carbonyl (C=O) groups is 1. The molecule has 2 rings (SSSR count). The van der Waals surface area contributed by atoms with Gasteiger partial charge in [-0.3, -0.25) is 4.79 Å². The first-order chi connectivity index (χ1) is 10.4. The first-order valence-corrected chi connectivity index (χ1v) is 7.96. The third kappa shape index (κ3) is 3.75. The van der Waals surface area contributed by atoms with Crippen LogP contribution < -0.4 is 15.2 Å². The van der Waals surface area contributed by atoms with Crippen LogP contribution in [0.1, 0.15) is 25.8 Å². The van der Waals surface area contributed by atoms with Crippen molar-refractivity contribution in [3.63, 3.8) is 0 Å². The lowest BCUT2D eigenvalue weighted by Crippen LogP contribution is -2.11. The van der Waals surface area contributed by atoms with Crippen molar-refractivity contribution in [3.8, 4) is 11.5 Å². The second-order valence-electron chi connectivity index (χ2n) is 4.74. The summed E-state index contributed by atoms with van der Waals surface area (Å²) in [7, 11) is 1.54. The molecule has 0 radical (unpaired) electrons. The Labute approximate surface area is 138 Å². The van der Waals surface area contributed by atoms with Crippen LogP contribution in [0, 0.1) is 0 Å². The van der Waals surface area contributed by atoms with E-state index in [2.05, 4.69) is 4.99 Å². The van der Waals surface area contributed by atoms with Crippen LogP contribution in [0.5, 0.6) is 11.5 Å². The monoisotopic (exact) mass is 340 g/mol. The molecule has 0 saturated heterocycles. The van der Waals surface area contributed by atoms with Crippen molar-refractivity contribution >= 4 is 40.5 Å². The summed E-state index contributed by atoms with van der Waals surface area (Å²) in [6.45, 7) is 3.98. The van der Waals surface area contributed by atoms with Gasteiger partial charge in [0.2, 0.25) is 0 Å². The molecular formula is C15H17ClN2O3S. The smallest absolute Gasteiger partial charge is 0.286 e. The lowest BCUT2D eigenvalue weighted by Gasteiger charge is -2.17. The minimum Gasteiger partial charge on any atom is -0.493 e. The number of benzene rings is 1. The molecule has 1 unspecified atom stereocenters. The number of nitrogens with zero attached hydrogens (tertiary/aromatic N) is 1. The molecule has 22 heavy (non-hydrogen) atoms. The Balaban J connectivity index is 2.34. The molecule has 7 heteroatoms. The second-order valence-corrected chi connectivity index (χ2v) is 6.21. The fourth-order valence-corrected chi connectivity index (χ4v) is 2.74. The van der Waals surface area contributed by atoms with Gasteiger partial charge in [-0.1, -0.05) is 18.5 Å². The number of thioether (sulfide) groups is 1. The summed E-state index contributed by atoms with van der Waals surface area (Å²) in [5, 5.41) is 0.668. The Hall–Kier alpha value is -1.66. The highest BCUT2D eigenvalue weighted by atomic mass is 35.5. The molecule has 1 amide bonds. The van der Waals surface area contributed by atoms with E-state index in [1.165, 1.54) is 0 Å². The van der Waals surface area contributed by atoms with Crippen LogP contribution in [0.25, 0.3) is 6.08 Å². The summed E-state index contributed by atoms with van der Waals surface area (Å²) >= 11 is 7.42. The van der Waals surface area contributed by atoms with Gasteiger partial charge >= 0.3 is 0 Å². The number of hydrogen-bond donors (Lipinski definition) is 1. The van der Waals surface area contributed by atoms with Gasteiger partial charge in [-0.15, -0.1) is 0 Å². The first-order valence-electron chi connectivity index (χ1n) is 6.76. The molecule has 1 aliphatic rings. The van der Waals surface area contributed by atoms with E-state index in [9.17, 15) is 4.79 Å². The summed E-state index contributed by atoms with van der Waals surface area (Å²) in [5.74, 6) is 0.670. The fraction of sp³-hybridized carbons (Fsp3) is 0.333. The molecule has 0 saturated carbocycles. The van der Waals surface area contributed by atoms with E-state index in [1.54, 1.807) is 25.3 Å². The third-order valence-corrected chi connectivity index (χ3v) is 4.17. The average molecular weight is 341 g/mol. The first kappa shape index (κ1) is 16.7. The Morgan fingerprint density at radius 2 is 2.23 bits per heavy atom. The van der Waals surface area contributed by atoms with Gasteiger partial charge in [-0.25, -0.2) is 0 Å². The SMILES string of the molecule is CCC(C)Oc1c(Cl)cc(C=C2SC(N)=NC2=O)cc1OC. The standard InChI is InChI=1S/C15H17ClN2O3S/c1-4-8(2)21-13-10(16)5-9(6-11(13)20-3)7-12-14(19)18-15(17)22-12/h5-8H,4H2,1-3H3,(H2,17,18,19). The Bertz CT molecular complexity index is 658. The lowest BCUT2D eigenvalue weighted by molar-refractivity contribution is -0.113. The zero-order valence-corrected chi connectivity index (χ0v) is 14.1. The van der Waals surface area contributed by atoms with Crippen LogP contribution in [0.4, 0.5) is 0 Å². The summed E-state index contributed by atoms with van der Waals surface area (Å²) in [4.78, 5) is 15.7. The minimum atomic E-state index is -0.350. The maximum atomic E-state index is 11.6. The highest BCUT2D eigenvalue weighted by molar-refractivity contribution is 8.18. The van der Waals surface area contributed by atoms with Crippen LogP contribution in [0.3, 0.4) is 0 Å². The number of methoxy groups -OCH3 is 1. The highest BCUT2D eigenvalue weighted by Gasteiger charge is 2.20. The van der Waals surface area contributed by atoms with Gasteiger partial charge in [0.05, 0.1) is 23.1 Å². The van der Waals surface area contributed by atoms with Crippen molar-refractivity contribution in [3.05, 3.63) is 27.6 Å². The number of rotatable bonds is 5. The molecule has 2 N–H and O–H groups in total. The molecule has 0 aliphatic carbocycles. The van der Waals surface area contributed by atoms with Crippen molar-refractivity contribution in [2.24, 2.45) is 10.7 Å². The maximum Gasteiger partial charge on any atom is 0.286 e. The van der Waals surface area contributed by atoms with Gasteiger partial charge in [0.25, 0.3) is 5.91 Å². The zero-order chi connectivity index (χ0) is 16.3. The van der Waals surface area contributed by atoms with Crippen LogP contribution in [0.15, 0.2) is 22.0 Å². The lowest BCUT2D eigenvalue weighted by atomic mass is 10.1. The van der Waals surface area contributed by atoms with E-state index in [0.717, 1.165) is 23.7 Å². The molecule has 1 heterocycles. The number of ether oxygens (including phenoxy) is 2. The molecule has 1 aliphatic heterocycles. The predicted molar refractivity (Wildman–Crippen MR) is 90.6 cm³/mol. The molecule has 1 atom stereocenters. The van der Waals surface area contributed by atoms with Crippen LogP contribution >= 0.6 is 23.4 Å². The topological polar surface area (TPSA) is 73.9 Å². The third-order valence-electron chi connectivity index (χ3n) is 3.08. The van der Waals surface area contributed by atoms with Crippen molar-refractivity contribution in [2.75, 3.05) is 7.11 Å². The molecule has 5 nitrogen and oxygen atoms in total. The molecule has 0 bridgehead atoms. The van der Waals surface area contributed by atoms with E-state index >= 15 is 0 Å². The molecule has 0 spiro atoms. The predicted octanol–water partition coefficient (Wildman–Crippen LogP) is 3.45. The van der Waals surface area contributed by atoms with Crippen molar-refractivity contribution < 1.29 is 14.3 Å². The number of amidine groups is 1. The quantitative estimate of drug-likeness (QED) is 0.831. The molecule has 0 aromatic heterocycles. The van der Waals surface area contributed by atoms with Gasteiger partial charge in [-0.2, -0.15) is 4.99 Å². The largest absolute Gasteiger partial charge is 0.493 e. The number of carbonyl (C=O) groups excluding carboxylic acids is 1. The van der Waals surface area contributed by atoms with Crippen molar-refractivity contribution in [1.29, 1.82) is 0 Å². The van der Waals surface area contributed by atoms with Gasteiger partial charge < -0.3 is 15.2 Å². The molecule has 118 valence electrons. The van der Waals surface area contributed by atoms with Crippen molar-refractivity contribution in [2.45, 2.75) is 26.4 Å². The molecule has 1 aromatic carbocycles. The Morgan fingerprint density at radius 1 is 1.50 bits per heavy atom. The van der Waals surface area contributed by atoms with Crippen LogP contribution in [0.2, 0.25) is 5.02 Å². The van der Waals surface area contributed by atoms with Crippen LogP contribution in [-0.4, -0.2) is 24.3 Å². The Morgan fingerprint density at radius 3 is 2.77 bits per heavy atom. The summed E-state index contributed by atoms with van der Waals surface area (Å²) in [6, 6.07) is 3.48. The van der Waals surface area contributed by atoms with E-state index < -0.39 is 0 Å². The maximum absolute atomic E-state index is 11.6. The summed E-state index contributed by atoms with van der Waals surface area (Å²) in [6.07, 6.45) is 2.56. The minimum absolute atomic E-state index is 0.0239. The number of nitrogens with two attached hydrogens (primary N) is 1. The number of halogens is 1. The fourth-order valence-electron chi connectivity index (χ4n) is 1.80. The van der Waals surface area contributed by atoms with Gasteiger partial charge in [-0.05, 0) is 48.9 Å². The number of hydrogen-bond acceptors (Lipinski definition) is 5. The average Bonchev–Trinajstić information content (AvgIpc) is 2.79. The van der Waals surface area contributed by atoms with Crippen LogP contribution in [-0.2, 0) is 4.79 Å². The van der Waals surface area contributed by atoms with Gasteiger partial charge in [0.1, 0.15) is 0 Å². The summed E-state index contributed by atoms with van der Waals surface area (Å²) in [5.41, 5.74) is 6.25. The zero-order valence-electron chi connectivity index (χ0n) is 12.6. The number of amides is 1. The van der Waals surface area contributed by atoms with Gasteiger partial charge in [0, 0.05) is 0 Å². The van der Waals surface area contributed by atoms with Crippen molar-refractivity contribution in [1.82, 2.24) is 0 Å². The van der Waals surface area contributed by atoms with E-state index in [-0.39, 0.29) is 17.2 Å². The van der Waals surface area contributed by atoms with E-state index in [4.69, 9.17) is 26.8 Å². The van der Waals surface area contributed by atoms with Gasteiger partial charge in [0.15, 0.2) is 16.7 Å². The highest BCUT2D eigenvalue weighted by Crippen LogP contribution is 2.38. The summed E-state index contributed by atoms with van der Waals surface area (Å²) < 4.78 is 11.1. The molecule has 1 aromatic rings. The van der Waals surface area contributed by atoms with E-state index in [1.807, 2.05) is 13.8 Å². The normalized spacial score (nSPS) is 17.5.